The molecule has 1 saturated carbocycles. The van der Waals surface area contributed by atoms with Gasteiger partial charge < -0.3 is 19.5 Å². The average molecular weight is 376 g/mol. The molecule has 1 N–H and O–H groups in total. The van der Waals surface area contributed by atoms with Crippen LogP contribution in [-0.4, -0.2) is 62.5 Å². The number of carbonyl (C=O) groups excluding carboxylic acids is 2. The maximum absolute atomic E-state index is 13.5. The van der Waals surface area contributed by atoms with Crippen molar-refractivity contribution in [2.45, 2.75) is 43.9 Å². The molecule has 148 valence electrons. The topological polar surface area (TPSA) is 77.1 Å². The van der Waals surface area contributed by atoms with Crippen LogP contribution in [0.1, 0.15) is 42.5 Å². The van der Waals surface area contributed by atoms with Gasteiger partial charge in [0.15, 0.2) is 0 Å². The Hall–Kier alpha value is -2.12. The predicted molar refractivity (Wildman–Crippen MR) is 99.6 cm³/mol. The minimum Gasteiger partial charge on any atom is -0.496 e. The lowest BCUT2D eigenvalue weighted by molar-refractivity contribution is -0.127. The molecule has 1 aliphatic heterocycles. The summed E-state index contributed by atoms with van der Waals surface area (Å²) in [6.07, 6.45) is 4.57. The van der Waals surface area contributed by atoms with Gasteiger partial charge in [-0.25, -0.2) is 0 Å². The van der Waals surface area contributed by atoms with E-state index in [1.165, 1.54) is 7.11 Å². The Kier molecular flexibility index (Phi) is 6.34. The van der Waals surface area contributed by atoms with Gasteiger partial charge in [-0.15, -0.1) is 0 Å². The molecule has 1 saturated heterocycles. The SMILES string of the molecule is COCCNC(=O)C1COC2(CCCCC2)N1C(=O)c1ccccc1OC. The van der Waals surface area contributed by atoms with E-state index in [0.717, 1.165) is 32.1 Å². The van der Waals surface area contributed by atoms with Gasteiger partial charge in [-0.2, -0.15) is 0 Å². The number of benzene rings is 1. The molecule has 7 nitrogen and oxygen atoms in total. The van der Waals surface area contributed by atoms with Crippen molar-refractivity contribution in [2.24, 2.45) is 0 Å². The van der Waals surface area contributed by atoms with Gasteiger partial charge in [-0.05, 0) is 37.8 Å². The molecule has 3 rings (SSSR count). The zero-order chi connectivity index (χ0) is 19.3. The lowest BCUT2D eigenvalue weighted by Crippen LogP contribution is -2.56. The second kappa shape index (κ2) is 8.71. The minimum atomic E-state index is -0.709. The fourth-order valence-electron chi connectivity index (χ4n) is 4.02. The molecule has 2 aliphatic rings. The zero-order valence-corrected chi connectivity index (χ0v) is 16.0. The molecule has 1 spiro atoms. The van der Waals surface area contributed by atoms with Crippen LogP contribution in [0.3, 0.4) is 0 Å². The number of rotatable bonds is 6. The normalized spacial score (nSPS) is 21.3. The van der Waals surface area contributed by atoms with Crippen molar-refractivity contribution in [1.29, 1.82) is 0 Å². The van der Waals surface area contributed by atoms with E-state index in [-0.39, 0.29) is 18.4 Å². The highest BCUT2D eigenvalue weighted by Crippen LogP contribution is 2.42. The van der Waals surface area contributed by atoms with Crippen molar-refractivity contribution in [2.75, 3.05) is 34.0 Å². The molecule has 1 aromatic rings. The van der Waals surface area contributed by atoms with Crippen LogP contribution in [0.5, 0.6) is 5.75 Å². The maximum atomic E-state index is 13.5. The lowest BCUT2D eigenvalue weighted by Gasteiger charge is -2.41. The molecule has 0 bridgehead atoms. The molecule has 1 heterocycles. The standard InChI is InChI=1S/C20H28N2O5/c1-25-13-12-21-18(23)16-14-27-20(10-6-3-7-11-20)22(16)19(24)15-8-4-5-9-17(15)26-2/h4-5,8-9,16H,3,6-7,10-14H2,1-2H3,(H,21,23). The number of nitrogens with one attached hydrogen (secondary N) is 1. The molecule has 27 heavy (non-hydrogen) atoms. The molecule has 0 aromatic heterocycles. The van der Waals surface area contributed by atoms with Gasteiger partial charge >= 0.3 is 0 Å². The Labute approximate surface area is 160 Å². The number of hydrogen-bond donors (Lipinski definition) is 1. The summed E-state index contributed by atoms with van der Waals surface area (Å²) < 4.78 is 16.5. The summed E-state index contributed by atoms with van der Waals surface area (Å²) in [6, 6.07) is 6.45. The summed E-state index contributed by atoms with van der Waals surface area (Å²) in [4.78, 5) is 27.9. The summed E-state index contributed by atoms with van der Waals surface area (Å²) in [7, 11) is 3.12. The largest absolute Gasteiger partial charge is 0.496 e. The van der Waals surface area contributed by atoms with E-state index in [4.69, 9.17) is 14.2 Å². The molecule has 2 amide bonds. The molecule has 1 unspecified atom stereocenters. The number of nitrogens with zero attached hydrogens (tertiary/aromatic N) is 1. The van der Waals surface area contributed by atoms with Crippen molar-refractivity contribution in [3.05, 3.63) is 29.8 Å². The number of hydrogen-bond acceptors (Lipinski definition) is 5. The van der Waals surface area contributed by atoms with Crippen LogP contribution in [-0.2, 0) is 14.3 Å². The van der Waals surface area contributed by atoms with E-state index in [0.29, 0.717) is 24.5 Å². The Balaban J connectivity index is 1.90. The molecular formula is C20H28N2O5. The number of ether oxygens (including phenoxy) is 3. The summed E-state index contributed by atoms with van der Waals surface area (Å²) in [5, 5.41) is 2.84. The quantitative estimate of drug-likeness (QED) is 0.768. The predicted octanol–water partition coefficient (Wildman–Crippen LogP) is 1.96. The van der Waals surface area contributed by atoms with Crippen molar-refractivity contribution in [3.63, 3.8) is 0 Å². The first kappa shape index (κ1) is 19.6. The highest BCUT2D eigenvalue weighted by atomic mass is 16.5. The number of amides is 2. The van der Waals surface area contributed by atoms with E-state index >= 15 is 0 Å². The van der Waals surface area contributed by atoms with Gasteiger partial charge in [0, 0.05) is 13.7 Å². The number of methoxy groups -OCH3 is 2. The van der Waals surface area contributed by atoms with Crippen molar-refractivity contribution in [1.82, 2.24) is 10.2 Å². The first-order valence-corrected chi connectivity index (χ1v) is 9.50. The molecule has 1 aromatic carbocycles. The van der Waals surface area contributed by atoms with Crippen LogP contribution in [0.25, 0.3) is 0 Å². The fraction of sp³-hybridized carbons (Fsp3) is 0.600. The Bertz CT molecular complexity index is 672. The number of carbonyl (C=O) groups is 2. The van der Waals surface area contributed by atoms with Crippen molar-refractivity contribution < 1.29 is 23.8 Å². The van der Waals surface area contributed by atoms with Gasteiger partial charge in [0.25, 0.3) is 5.91 Å². The summed E-state index contributed by atoms with van der Waals surface area (Å²) in [5.74, 6) is 0.0652. The third-order valence-corrected chi connectivity index (χ3v) is 5.36. The Morgan fingerprint density at radius 3 is 2.67 bits per heavy atom. The third kappa shape index (κ3) is 3.94. The first-order chi connectivity index (χ1) is 13.1. The monoisotopic (exact) mass is 376 g/mol. The fourth-order valence-corrected chi connectivity index (χ4v) is 4.02. The van der Waals surface area contributed by atoms with Gasteiger partial charge in [0.1, 0.15) is 17.5 Å². The minimum absolute atomic E-state index is 0.208. The van der Waals surface area contributed by atoms with E-state index in [1.807, 2.05) is 6.07 Å². The van der Waals surface area contributed by atoms with Crippen molar-refractivity contribution >= 4 is 11.8 Å². The second-order valence-electron chi connectivity index (χ2n) is 6.99. The van der Waals surface area contributed by atoms with Crippen LogP contribution in [0.2, 0.25) is 0 Å². The summed E-state index contributed by atoms with van der Waals surface area (Å²) >= 11 is 0. The van der Waals surface area contributed by atoms with Crippen LogP contribution in [0.4, 0.5) is 0 Å². The molecule has 0 radical (unpaired) electrons. The van der Waals surface area contributed by atoms with E-state index in [2.05, 4.69) is 5.32 Å². The van der Waals surface area contributed by atoms with E-state index < -0.39 is 11.8 Å². The molecule has 1 aliphatic carbocycles. The lowest BCUT2D eigenvalue weighted by atomic mass is 9.89. The summed E-state index contributed by atoms with van der Waals surface area (Å²) in [6.45, 7) is 1.03. The summed E-state index contributed by atoms with van der Waals surface area (Å²) in [5.41, 5.74) is -0.260. The molecule has 7 heteroatoms. The highest BCUT2D eigenvalue weighted by molar-refractivity contribution is 6.00. The van der Waals surface area contributed by atoms with Gasteiger partial charge in [0.05, 0.1) is 25.9 Å². The molecular weight excluding hydrogens is 348 g/mol. The van der Waals surface area contributed by atoms with Gasteiger partial charge in [0.2, 0.25) is 5.91 Å². The van der Waals surface area contributed by atoms with Crippen LogP contribution < -0.4 is 10.1 Å². The Morgan fingerprint density at radius 2 is 1.96 bits per heavy atom. The van der Waals surface area contributed by atoms with Crippen LogP contribution in [0, 0.1) is 0 Å². The van der Waals surface area contributed by atoms with E-state index in [9.17, 15) is 9.59 Å². The third-order valence-electron chi connectivity index (χ3n) is 5.36. The molecule has 2 fully saturated rings. The first-order valence-electron chi connectivity index (χ1n) is 9.50. The van der Waals surface area contributed by atoms with Crippen LogP contribution >= 0.6 is 0 Å². The number of para-hydroxylation sites is 1. The zero-order valence-electron chi connectivity index (χ0n) is 16.0. The van der Waals surface area contributed by atoms with Crippen molar-refractivity contribution in [3.8, 4) is 5.75 Å². The van der Waals surface area contributed by atoms with E-state index in [1.54, 1.807) is 30.2 Å². The smallest absolute Gasteiger partial charge is 0.260 e. The van der Waals surface area contributed by atoms with Gasteiger partial charge in [-0.1, -0.05) is 18.6 Å². The highest BCUT2D eigenvalue weighted by Gasteiger charge is 2.53. The maximum Gasteiger partial charge on any atom is 0.260 e. The van der Waals surface area contributed by atoms with Gasteiger partial charge in [-0.3, -0.25) is 14.5 Å². The Morgan fingerprint density at radius 1 is 1.22 bits per heavy atom. The molecule has 1 atom stereocenters. The second-order valence-corrected chi connectivity index (χ2v) is 6.99. The van der Waals surface area contributed by atoms with Crippen LogP contribution in [0.15, 0.2) is 24.3 Å². The average Bonchev–Trinajstić information content (AvgIpc) is 3.06.